The first kappa shape index (κ1) is 19.1. The number of piperazine rings is 1. The van der Waals surface area contributed by atoms with Crippen LogP contribution >= 0.6 is 0 Å². The standard InChI is InChI=1S/C20H32N4O3/c25-19-14-17-4-1-2-5-18(17)21-24(19)12-11-22-7-9-23(10-8-22)15-20(26)6-3-13-27-16-20/h14,26H,1-13,15-16H2. The Labute approximate surface area is 160 Å². The van der Waals surface area contributed by atoms with Gasteiger partial charge in [-0.2, -0.15) is 5.10 Å². The molecule has 1 aromatic heterocycles. The van der Waals surface area contributed by atoms with E-state index in [2.05, 4.69) is 14.9 Å². The second kappa shape index (κ2) is 8.39. The summed E-state index contributed by atoms with van der Waals surface area (Å²) in [6.07, 6.45) is 6.12. The number of aromatic nitrogens is 2. The van der Waals surface area contributed by atoms with E-state index in [1.54, 1.807) is 10.7 Å². The van der Waals surface area contributed by atoms with Crippen molar-refractivity contribution in [2.45, 2.75) is 50.7 Å². The molecular weight excluding hydrogens is 344 g/mol. The smallest absolute Gasteiger partial charge is 0.267 e. The van der Waals surface area contributed by atoms with Crippen molar-refractivity contribution in [3.8, 4) is 0 Å². The molecule has 2 aliphatic heterocycles. The van der Waals surface area contributed by atoms with Gasteiger partial charge in [-0.05, 0) is 44.1 Å². The van der Waals surface area contributed by atoms with Crippen molar-refractivity contribution < 1.29 is 9.84 Å². The van der Waals surface area contributed by atoms with Crippen LogP contribution in [0.1, 0.15) is 36.9 Å². The zero-order valence-electron chi connectivity index (χ0n) is 16.2. The third kappa shape index (κ3) is 4.77. The molecule has 3 heterocycles. The van der Waals surface area contributed by atoms with E-state index >= 15 is 0 Å². The van der Waals surface area contributed by atoms with Crippen molar-refractivity contribution in [3.05, 3.63) is 27.7 Å². The summed E-state index contributed by atoms with van der Waals surface area (Å²) in [5, 5.41) is 15.3. The van der Waals surface area contributed by atoms with E-state index in [4.69, 9.17) is 4.74 Å². The van der Waals surface area contributed by atoms with Crippen LogP contribution in [0.15, 0.2) is 10.9 Å². The molecule has 1 N–H and O–H groups in total. The second-order valence-corrected chi connectivity index (χ2v) is 8.38. The summed E-state index contributed by atoms with van der Waals surface area (Å²) < 4.78 is 7.11. The number of rotatable bonds is 5. The third-order valence-electron chi connectivity index (χ3n) is 6.19. The van der Waals surface area contributed by atoms with Crippen molar-refractivity contribution in [1.29, 1.82) is 0 Å². The summed E-state index contributed by atoms with van der Waals surface area (Å²) in [6.45, 7) is 7.28. The van der Waals surface area contributed by atoms with Crippen LogP contribution in [-0.2, 0) is 24.1 Å². The highest BCUT2D eigenvalue weighted by molar-refractivity contribution is 5.20. The summed E-state index contributed by atoms with van der Waals surface area (Å²) >= 11 is 0. The Hall–Kier alpha value is -1.28. The van der Waals surface area contributed by atoms with Crippen LogP contribution in [0.5, 0.6) is 0 Å². The first-order chi connectivity index (χ1) is 13.1. The zero-order valence-corrected chi connectivity index (χ0v) is 16.2. The molecule has 1 aromatic rings. The predicted octanol–water partition coefficient (Wildman–Crippen LogP) is 0.281. The molecule has 27 heavy (non-hydrogen) atoms. The number of β-amino-alcohol motifs (C(OH)–C–C–N with tert-alkyl or cyclic N) is 1. The number of aryl methyl sites for hydroxylation is 2. The van der Waals surface area contributed by atoms with Gasteiger partial charge in [0.05, 0.1) is 18.8 Å². The largest absolute Gasteiger partial charge is 0.386 e. The number of nitrogens with zero attached hydrogens (tertiary/aromatic N) is 4. The van der Waals surface area contributed by atoms with E-state index in [1.807, 2.05) is 0 Å². The SMILES string of the molecule is O=c1cc2c(nn1CCN1CCN(CC3(O)CCCOC3)CC1)CCCC2. The third-order valence-corrected chi connectivity index (χ3v) is 6.19. The molecule has 0 amide bonds. The lowest BCUT2D eigenvalue weighted by Gasteiger charge is -2.40. The van der Waals surface area contributed by atoms with E-state index in [-0.39, 0.29) is 5.56 Å². The number of hydrogen-bond donors (Lipinski definition) is 1. The molecule has 150 valence electrons. The number of fused-ring (bicyclic) bond motifs is 1. The van der Waals surface area contributed by atoms with Gasteiger partial charge in [-0.1, -0.05) is 0 Å². The van der Waals surface area contributed by atoms with E-state index in [9.17, 15) is 9.90 Å². The van der Waals surface area contributed by atoms with E-state index in [0.29, 0.717) is 19.7 Å². The summed E-state index contributed by atoms with van der Waals surface area (Å²) in [5.41, 5.74) is 1.63. The van der Waals surface area contributed by atoms with Crippen LogP contribution in [0, 0.1) is 0 Å². The van der Waals surface area contributed by atoms with Crippen molar-refractivity contribution >= 4 is 0 Å². The van der Waals surface area contributed by atoms with Crippen molar-refractivity contribution in [1.82, 2.24) is 19.6 Å². The first-order valence-electron chi connectivity index (χ1n) is 10.5. The topological polar surface area (TPSA) is 70.8 Å². The Morgan fingerprint density at radius 2 is 1.85 bits per heavy atom. The Balaban J connectivity index is 1.26. The second-order valence-electron chi connectivity index (χ2n) is 8.38. The van der Waals surface area contributed by atoms with Crippen LogP contribution in [0.3, 0.4) is 0 Å². The fraction of sp³-hybridized carbons (Fsp3) is 0.800. The number of aliphatic hydroxyl groups is 1. The van der Waals surface area contributed by atoms with Gasteiger partial charge in [-0.3, -0.25) is 14.6 Å². The fourth-order valence-corrected chi connectivity index (χ4v) is 4.55. The summed E-state index contributed by atoms with van der Waals surface area (Å²) in [4.78, 5) is 17.0. The molecule has 7 nitrogen and oxygen atoms in total. The molecule has 2 saturated heterocycles. The highest BCUT2D eigenvalue weighted by Gasteiger charge is 2.33. The molecule has 7 heteroatoms. The van der Waals surface area contributed by atoms with Crippen LogP contribution in [0.2, 0.25) is 0 Å². The van der Waals surface area contributed by atoms with Gasteiger partial charge in [-0.15, -0.1) is 0 Å². The molecule has 1 aliphatic carbocycles. The Bertz CT molecular complexity index is 691. The minimum atomic E-state index is -0.680. The number of ether oxygens (including phenoxy) is 1. The van der Waals surface area contributed by atoms with Gasteiger partial charge in [0.1, 0.15) is 5.60 Å². The Kier molecular flexibility index (Phi) is 5.92. The normalized spacial score (nSPS) is 27.4. The van der Waals surface area contributed by atoms with Gasteiger partial charge in [-0.25, -0.2) is 4.68 Å². The maximum Gasteiger partial charge on any atom is 0.267 e. The highest BCUT2D eigenvalue weighted by atomic mass is 16.5. The quantitative estimate of drug-likeness (QED) is 0.796. The Morgan fingerprint density at radius 1 is 1.07 bits per heavy atom. The number of hydrogen-bond acceptors (Lipinski definition) is 6. The maximum atomic E-state index is 12.3. The van der Waals surface area contributed by atoms with Gasteiger partial charge in [0.2, 0.25) is 0 Å². The predicted molar refractivity (Wildman–Crippen MR) is 103 cm³/mol. The lowest BCUT2D eigenvalue weighted by molar-refractivity contribution is -0.103. The Morgan fingerprint density at radius 3 is 2.63 bits per heavy atom. The molecule has 0 spiro atoms. The van der Waals surface area contributed by atoms with E-state index < -0.39 is 5.60 Å². The van der Waals surface area contributed by atoms with E-state index in [0.717, 1.165) is 76.3 Å². The first-order valence-corrected chi connectivity index (χ1v) is 10.5. The van der Waals surface area contributed by atoms with Crippen molar-refractivity contribution in [2.24, 2.45) is 0 Å². The maximum absolute atomic E-state index is 12.3. The molecule has 0 saturated carbocycles. The van der Waals surface area contributed by atoms with Crippen molar-refractivity contribution in [2.75, 3.05) is 52.5 Å². The van der Waals surface area contributed by atoms with Crippen LogP contribution < -0.4 is 5.56 Å². The van der Waals surface area contributed by atoms with Crippen molar-refractivity contribution in [3.63, 3.8) is 0 Å². The highest BCUT2D eigenvalue weighted by Crippen LogP contribution is 2.21. The van der Waals surface area contributed by atoms with Gasteiger partial charge in [0, 0.05) is 51.9 Å². The van der Waals surface area contributed by atoms with Crippen LogP contribution in [0.4, 0.5) is 0 Å². The van der Waals surface area contributed by atoms with Gasteiger partial charge < -0.3 is 9.84 Å². The average Bonchev–Trinajstić information content (AvgIpc) is 2.68. The van der Waals surface area contributed by atoms with Crippen LogP contribution in [-0.4, -0.2) is 82.8 Å². The molecule has 0 radical (unpaired) electrons. The molecule has 0 aromatic carbocycles. The minimum Gasteiger partial charge on any atom is -0.386 e. The monoisotopic (exact) mass is 376 g/mol. The van der Waals surface area contributed by atoms with Gasteiger partial charge >= 0.3 is 0 Å². The summed E-state index contributed by atoms with van der Waals surface area (Å²) in [5.74, 6) is 0. The average molecular weight is 377 g/mol. The van der Waals surface area contributed by atoms with E-state index in [1.165, 1.54) is 12.8 Å². The molecule has 1 atom stereocenters. The van der Waals surface area contributed by atoms with Crippen LogP contribution in [0.25, 0.3) is 0 Å². The molecule has 2 fully saturated rings. The summed E-state index contributed by atoms with van der Waals surface area (Å²) in [7, 11) is 0. The van der Waals surface area contributed by atoms with Gasteiger partial charge in [0.15, 0.2) is 0 Å². The van der Waals surface area contributed by atoms with Gasteiger partial charge in [0.25, 0.3) is 5.56 Å². The zero-order chi connectivity index (χ0) is 18.7. The summed E-state index contributed by atoms with van der Waals surface area (Å²) in [6, 6.07) is 1.80. The minimum absolute atomic E-state index is 0.0359. The molecule has 1 unspecified atom stereocenters. The fourth-order valence-electron chi connectivity index (χ4n) is 4.55. The molecular formula is C20H32N4O3. The molecule has 0 bridgehead atoms. The molecule has 4 rings (SSSR count). The lowest BCUT2D eigenvalue weighted by Crippen LogP contribution is -2.54. The lowest BCUT2D eigenvalue weighted by atomic mass is 9.96. The molecule has 3 aliphatic rings.